The maximum atomic E-state index is 12.2. The first-order valence-electron chi connectivity index (χ1n) is 8.79. The Hall–Kier alpha value is -3.88. The van der Waals surface area contributed by atoms with Gasteiger partial charge in [-0.1, -0.05) is 24.3 Å². The molecule has 0 saturated heterocycles. The summed E-state index contributed by atoms with van der Waals surface area (Å²) in [7, 11) is 1.24. The van der Waals surface area contributed by atoms with Crippen molar-refractivity contribution < 1.29 is 14.6 Å². The number of fused-ring (bicyclic) bond motifs is 1. The molecular formula is C20H20N4O5. The van der Waals surface area contributed by atoms with Crippen molar-refractivity contribution in [3.63, 3.8) is 0 Å². The van der Waals surface area contributed by atoms with Gasteiger partial charge in [0.1, 0.15) is 5.56 Å². The monoisotopic (exact) mass is 396 g/mol. The van der Waals surface area contributed by atoms with Crippen LogP contribution >= 0.6 is 0 Å². The van der Waals surface area contributed by atoms with Crippen LogP contribution in [0.4, 0.5) is 0 Å². The van der Waals surface area contributed by atoms with Crippen molar-refractivity contribution in [2.75, 3.05) is 7.11 Å². The molecule has 9 heteroatoms. The molecule has 1 aromatic carbocycles. The molecule has 150 valence electrons. The molecule has 0 saturated carbocycles. The van der Waals surface area contributed by atoms with Crippen LogP contribution in [0.15, 0.2) is 57.7 Å². The highest BCUT2D eigenvalue weighted by Crippen LogP contribution is 2.20. The number of aromatic hydroxyl groups is 1. The number of aromatic nitrogens is 3. The molecule has 0 unspecified atom stereocenters. The number of nitrogens with zero attached hydrogens (tertiary/aromatic N) is 2. The third-order valence-electron chi connectivity index (χ3n) is 4.46. The van der Waals surface area contributed by atoms with Crippen LogP contribution in [0.25, 0.3) is 10.9 Å². The summed E-state index contributed by atoms with van der Waals surface area (Å²) in [6.45, 7) is 3.50. The number of carbonyl (C=O) groups excluding carboxylic acids is 1. The summed E-state index contributed by atoms with van der Waals surface area (Å²) in [5.74, 6) is -1.15. The van der Waals surface area contributed by atoms with Crippen LogP contribution in [0.2, 0.25) is 0 Å². The highest BCUT2D eigenvalue weighted by atomic mass is 16.5. The van der Waals surface area contributed by atoms with Gasteiger partial charge in [0.2, 0.25) is 5.88 Å². The van der Waals surface area contributed by atoms with Gasteiger partial charge in [-0.25, -0.2) is 9.59 Å². The molecule has 2 aromatic heterocycles. The van der Waals surface area contributed by atoms with E-state index < -0.39 is 29.1 Å². The first kappa shape index (κ1) is 19.9. The minimum Gasteiger partial charge on any atom is -0.494 e. The van der Waals surface area contributed by atoms with E-state index in [1.54, 1.807) is 6.20 Å². The molecule has 0 aliphatic carbocycles. The van der Waals surface area contributed by atoms with Gasteiger partial charge >= 0.3 is 11.7 Å². The van der Waals surface area contributed by atoms with Crippen molar-refractivity contribution in [2.45, 2.75) is 19.0 Å². The number of nitrogens with one attached hydrogen (secondary N) is 2. The van der Waals surface area contributed by atoms with E-state index in [0.717, 1.165) is 27.2 Å². The molecule has 0 spiro atoms. The van der Waals surface area contributed by atoms with E-state index in [1.807, 2.05) is 24.3 Å². The van der Waals surface area contributed by atoms with Gasteiger partial charge in [-0.3, -0.25) is 19.3 Å². The smallest absolute Gasteiger partial charge is 0.331 e. The lowest BCUT2D eigenvalue weighted by Crippen LogP contribution is -2.32. The molecule has 0 bridgehead atoms. The lowest BCUT2D eigenvalue weighted by Gasteiger charge is -2.10. The minimum atomic E-state index is -0.946. The first-order chi connectivity index (χ1) is 14.0. The second-order valence-electron chi connectivity index (χ2n) is 6.28. The minimum absolute atomic E-state index is 0.00193. The van der Waals surface area contributed by atoms with Crippen molar-refractivity contribution in [3.05, 3.63) is 75.1 Å². The van der Waals surface area contributed by atoms with Crippen molar-refractivity contribution in [3.8, 4) is 5.88 Å². The van der Waals surface area contributed by atoms with Gasteiger partial charge in [0.15, 0.2) is 6.04 Å². The van der Waals surface area contributed by atoms with Crippen LogP contribution in [-0.4, -0.2) is 45.0 Å². The van der Waals surface area contributed by atoms with E-state index in [9.17, 15) is 19.5 Å². The lowest BCUT2D eigenvalue weighted by atomic mass is 10.1. The van der Waals surface area contributed by atoms with Crippen molar-refractivity contribution in [1.29, 1.82) is 0 Å². The number of benzene rings is 1. The zero-order valence-corrected chi connectivity index (χ0v) is 15.7. The van der Waals surface area contributed by atoms with Gasteiger partial charge in [0, 0.05) is 36.3 Å². The largest absolute Gasteiger partial charge is 0.494 e. The second-order valence-corrected chi connectivity index (χ2v) is 6.28. The van der Waals surface area contributed by atoms with Gasteiger partial charge in [-0.15, -0.1) is 6.58 Å². The number of hydrogen-bond acceptors (Lipinski definition) is 6. The molecule has 0 aliphatic rings. The number of para-hydroxylation sites is 1. The number of rotatable bonds is 7. The van der Waals surface area contributed by atoms with E-state index in [4.69, 9.17) is 4.74 Å². The number of H-pyrrole nitrogens is 2. The topological polar surface area (TPSA) is 130 Å². The predicted molar refractivity (Wildman–Crippen MR) is 109 cm³/mol. The number of hydrogen-bond donors (Lipinski definition) is 3. The number of ether oxygens (including phenoxy) is 1. The van der Waals surface area contributed by atoms with Gasteiger partial charge < -0.3 is 14.8 Å². The first-order valence-corrected chi connectivity index (χ1v) is 8.79. The van der Waals surface area contributed by atoms with Crippen LogP contribution < -0.4 is 11.2 Å². The molecule has 1 atom stereocenters. The summed E-state index contributed by atoms with van der Waals surface area (Å²) in [4.78, 5) is 45.5. The van der Waals surface area contributed by atoms with E-state index in [-0.39, 0.29) is 18.5 Å². The number of aromatic amines is 2. The zero-order chi connectivity index (χ0) is 21.0. The maximum absolute atomic E-state index is 12.2. The third kappa shape index (κ3) is 4.03. The van der Waals surface area contributed by atoms with Crippen LogP contribution in [-0.2, 0) is 22.5 Å². The van der Waals surface area contributed by atoms with Crippen LogP contribution in [0.5, 0.6) is 5.88 Å². The summed E-state index contributed by atoms with van der Waals surface area (Å²) in [6.07, 6.45) is 4.47. The lowest BCUT2D eigenvalue weighted by molar-refractivity contribution is -0.142. The average molecular weight is 396 g/mol. The SMILES string of the molecule is C=CCn1c(O)c(C=N[C@@H](Cc2c[nH]c3ccccc23)C(=O)OC)c(=O)[nH]c1=O. The Morgan fingerprint density at radius 1 is 1.38 bits per heavy atom. The highest BCUT2D eigenvalue weighted by molar-refractivity contribution is 5.87. The molecule has 3 N–H and O–H groups in total. The summed E-state index contributed by atoms with van der Waals surface area (Å²) >= 11 is 0. The standard InChI is InChI=1S/C20H20N4O5/c1-3-8-24-18(26)14(17(25)23-20(24)28)11-22-16(19(27)29-2)9-12-10-21-15-7-5-4-6-13(12)15/h3-7,10-11,16,21,26H,1,8-9H2,2H3,(H,23,25,28)/t16-/m0/s1. The summed E-state index contributed by atoms with van der Waals surface area (Å²) < 4.78 is 5.76. The Kier molecular flexibility index (Phi) is 5.77. The van der Waals surface area contributed by atoms with Gasteiger partial charge in [0.05, 0.1) is 7.11 Å². The fourth-order valence-electron chi connectivity index (χ4n) is 3.00. The highest BCUT2D eigenvalue weighted by Gasteiger charge is 2.21. The summed E-state index contributed by atoms with van der Waals surface area (Å²) in [6, 6.07) is 6.66. The Bertz CT molecular complexity index is 1200. The molecule has 2 heterocycles. The van der Waals surface area contributed by atoms with E-state index >= 15 is 0 Å². The van der Waals surface area contributed by atoms with Crippen molar-refractivity contribution in [1.82, 2.24) is 14.5 Å². The normalized spacial score (nSPS) is 12.3. The number of allylic oxidation sites excluding steroid dienone is 1. The zero-order valence-electron chi connectivity index (χ0n) is 15.7. The average Bonchev–Trinajstić information content (AvgIpc) is 3.12. The number of methoxy groups -OCH3 is 1. The molecule has 3 aromatic rings. The van der Waals surface area contributed by atoms with E-state index in [0.29, 0.717) is 0 Å². The molecule has 29 heavy (non-hydrogen) atoms. The molecule has 9 nitrogen and oxygen atoms in total. The number of carbonyl (C=O) groups is 1. The van der Waals surface area contributed by atoms with E-state index in [1.165, 1.54) is 13.2 Å². The summed E-state index contributed by atoms with van der Waals surface area (Å²) in [5, 5.41) is 11.2. The second kappa shape index (κ2) is 8.42. The molecule has 0 fully saturated rings. The Morgan fingerprint density at radius 2 is 2.14 bits per heavy atom. The fourth-order valence-corrected chi connectivity index (χ4v) is 3.00. The Morgan fingerprint density at radius 3 is 2.86 bits per heavy atom. The molecule has 0 amide bonds. The number of esters is 1. The van der Waals surface area contributed by atoms with Crippen molar-refractivity contribution in [2.24, 2.45) is 4.99 Å². The number of aliphatic imine (C=N–C) groups is 1. The Labute approximate surface area is 165 Å². The van der Waals surface area contributed by atoms with Crippen LogP contribution in [0.1, 0.15) is 11.1 Å². The van der Waals surface area contributed by atoms with Crippen molar-refractivity contribution >= 4 is 23.1 Å². The molecule has 3 rings (SSSR count). The molecule has 0 radical (unpaired) electrons. The fraction of sp³-hybridized carbons (Fsp3) is 0.200. The summed E-state index contributed by atoms with van der Waals surface area (Å²) in [5.41, 5.74) is -0.0528. The molecule has 0 aliphatic heterocycles. The third-order valence-corrected chi connectivity index (χ3v) is 4.46. The maximum Gasteiger partial charge on any atom is 0.331 e. The van der Waals surface area contributed by atoms with Gasteiger partial charge in [-0.2, -0.15) is 0 Å². The Balaban J connectivity index is 1.97. The van der Waals surface area contributed by atoms with Gasteiger partial charge in [-0.05, 0) is 11.6 Å². The molecular weight excluding hydrogens is 376 g/mol. The quantitative estimate of drug-likeness (QED) is 0.313. The van der Waals surface area contributed by atoms with Gasteiger partial charge in [0.25, 0.3) is 5.56 Å². The van der Waals surface area contributed by atoms with Crippen LogP contribution in [0.3, 0.4) is 0 Å². The van der Waals surface area contributed by atoms with Crippen LogP contribution in [0, 0.1) is 0 Å². The van der Waals surface area contributed by atoms with E-state index in [2.05, 4.69) is 21.5 Å². The predicted octanol–water partition coefficient (Wildman–Crippen LogP) is 1.11.